The van der Waals surface area contributed by atoms with Gasteiger partial charge in [0.15, 0.2) is 0 Å². The highest BCUT2D eigenvalue weighted by atomic mass is 32.1. The van der Waals surface area contributed by atoms with Gasteiger partial charge < -0.3 is 9.64 Å². The Morgan fingerprint density at radius 3 is 2.73 bits per heavy atom. The minimum absolute atomic E-state index is 0.352. The number of hydrogen-bond acceptors (Lipinski definition) is 6. The number of carbonyl (C=O) groups is 1. The molecule has 2 heterocycles. The predicted molar refractivity (Wildman–Crippen MR) is 86.5 cm³/mol. The zero-order chi connectivity index (χ0) is 15.4. The maximum atomic E-state index is 11.9. The number of anilines is 1. The molecule has 0 radical (unpaired) electrons. The number of ether oxygens (including phenoxy) is 1. The van der Waals surface area contributed by atoms with Crippen LogP contribution in [0.1, 0.15) is 41.7 Å². The van der Waals surface area contributed by atoms with Crippen molar-refractivity contribution in [2.24, 2.45) is 0 Å². The van der Waals surface area contributed by atoms with Gasteiger partial charge in [0.25, 0.3) is 0 Å². The summed E-state index contributed by atoms with van der Waals surface area (Å²) in [6.45, 7) is 3.97. The van der Waals surface area contributed by atoms with Crippen molar-refractivity contribution in [1.82, 2.24) is 9.59 Å². The Balaban J connectivity index is 1.67. The lowest BCUT2D eigenvalue weighted by Gasteiger charge is -2.32. The van der Waals surface area contributed by atoms with E-state index < -0.39 is 0 Å². The van der Waals surface area contributed by atoms with Crippen LogP contribution in [0.15, 0.2) is 30.3 Å². The molecule has 1 aliphatic rings. The van der Waals surface area contributed by atoms with E-state index in [-0.39, 0.29) is 5.97 Å². The molecule has 2 aromatic rings. The molecular weight excluding hydrogens is 298 g/mol. The van der Waals surface area contributed by atoms with Crippen LogP contribution in [0.3, 0.4) is 0 Å². The van der Waals surface area contributed by atoms with Crippen molar-refractivity contribution in [1.29, 1.82) is 0 Å². The van der Waals surface area contributed by atoms with E-state index >= 15 is 0 Å². The number of piperidine rings is 1. The predicted octanol–water partition coefficient (Wildman–Crippen LogP) is 3.10. The molecule has 116 valence electrons. The number of carbonyl (C=O) groups excluding carboxylic acids is 1. The number of nitrogens with zero attached hydrogens (tertiary/aromatic N) is 3. The topological polar surface area (TPSA) is 55.3 Å². The van der Waals surface area contributed by atoms with Crippen molar-refractivity contribution in [3.63, 3.8) is 0 Å². The van der Waals surface area contributed by atoms with Crippen molar-refractivity contribution in [2.75, 3.05) is 24.6 Å². The maximum absolute atomic E-state index is 11.9. The van der Waals surface area contributed by atoms with Crippen LogP contribution < -0.4 is 4.90 Å². The van der Waals surface area contributed by atoms with Gasteiger partial charge in [-0.3, -0.25) is 0 Å². The van der Waals surface area contributed by atoms with Crippen LogP contribution >= 0.6 is 11.5 Å². The van der Waals surface area contributed by atoms with Crippen molar-refractivity contribution < 1.29 is 9.53 Å². The van der Waals surface area contributed by atoms with E-state index in [4.69, 9.17) is 4.74 Å². The summed E-state index contributed by atoms with van der Waals surface area (Å²) in [5.74, 6) is 0.209. The van der Waals surface area contributed by atoms with Crippen LogP contribution in [0.25, 0.3) is 0 Å². The monoisotopic (exact) mass is 317 g/mol. The molecule has 0 spiro atoms. The molecule has 3 rings (SSSR count). The number of rotatable bonds is 4. The summed E-state index contributed by atoms with van der Waals surface area (Å²) in [7, 11) is 0. The number of aromatic nitrogens is 2. The molecule has 0 N–H and O–H groups in total. The Labute approximate surface area is 134 Å². The molecule has 5 nitrogen and oxygen atoms in total. The minimum atomic E-state index is -0.378. The number of hydrogen-bond donors (Lipinski definition) is 0. The van der Waals surface area contributed by atoms with Crippen LogP contribution in [-0.2, 0) is 4.74 Å². The summed E-state index contributed by atoms with van der Waals surface area (Å²) < 4.78 is 8.97. The van der Waals surface area contributed by atoms with Gasteiger partial charge in [-0.25, -0.2) is 4.79 Å². The van der Waals surface area contributed by atoms with Crippen molar-refractivity contribution in [2.45, 2.75) is 25.7 Å². The van der Waals surface area contributed by atoms with Crippen LogP contribution in [0.4, 0.5) is 5.00 Å². The molecule has 0 bridgehead atoms. The molecule has 0 unspecified atom stereocenters. The maximum Gasteiger partial charge on any atom is 0.362 e. The largest absolute Gasteiger partial charge is 0.461 e. The van der Waals surface area contributed by atoms with Gasteiger partial charge in [-0.2, -0.15) is 0 Å². The number of benzene rings is 1. The fourth-order valence-corrected chi connectivity index (χ4v) is 3.57. The summed E-state index contributed by atoms with van der Waals surface area (Å²) in [6.07, 6.45) is 2.15. The van der Waals surface area contributed by atoms with Gasteiger partial charge in [0.1, 0.15) is 5.00 Å². The Morgan fingerprint density at radius 2 is 2.05 bits per heavy atom. The molecule has 1 aromatic heterocycles. The first kappa shape index (κ1) is 15.0. The van der Waals surface area contributed by atoms with Gasteiger partial charge in [-0.1, -0.05) is 34.8 Å². The minimum Gasteiger partial charge on any atom is -0.461 e. The van der Waals surface area contributed by atoms with Gasteiger partial charge in [-0.05, 0) is 31.2 Å². The standard InChI is InChI=1S/C16H19N3O2S/c1-2-21-16(20)14-15(22-18-17-14)19-10-8-13(9-11-19)12-6-4-3-5-7-12/h3-7,13H,2,8-11H2,1H3. The highest BCUT2D eigenvalue weighted by Crippen LogP contribution is 2.33. The van der Waals surface area contributed by atoms with E-state index in [1.807, 2.05) is 6.07 Å². The van der Waals surface area contributed by atoms with Crippen molar-refractivity contribution >= 4 is 22.5 Å². The zero-order valence-electron chi connectivity index (χ0n) is 12.6. The second-order valence-electron chi connectivity index (χ2n) is 5.32. The van der Waals surface area contributed by atoms with E-state index in [0.717, 1.165) is 30.9 Å². The van der Waals surface area contributed by atoms with E-state index in [0.29, 0.717) is 18.2 Å². The summed E-state index contributed by atoms with van der Waals surface area (Å²) in [4.78, 5) is 14.1. The fourth-order valence-electron chi connectivity index (χ4n) is 2.86. The van der Waals surface area contributed by atoms with Crippen LogP contribution in [-0.4, -0.2) is 35.3 Å². The zero-order valence-corrected chi connectivity index (χ0v) is 13.4. The fraction of sp³-hybridized carbons (Fsp3) is 0.438. The third kappa shape index (κ3) is 3.11. The molecule has 0 atom stereocenters. The smallest absolute Gasteiger partial charge is 0.362 e. The molecular formula is C16H19N3O2S. The third-order valence-corrected chi connectivity index (χ3v) is 4.78. The van der Waals surface area contributed by atoms with Gasteiger partial charge >= 0.3 is 5.97 Å². The van der Waals surface area contributed by atoms with Gasteiger partial charge in [0.2, 0.25) is 5.69 Å². The molecule has 0 amide bonds. The molecule has 6 heteroatoms. The van der Waals surface area contributed by atoms with E-state index in [9.17, 15) is 4.79 Å². The average Bonchev–Trinajstić information content (AvgIpc) is 3.06. The van der Waals surface area contributed by atoms with E-state index in [1.54, 1.807) is 6.92 Å². The normalized spacial score (nSPS) is 15.8. The van der Waals surface area contributed by atoms with Gasteiger partial charge in [0.05, 0.1) is 6.61 Å². The molecule has 1 saturated heterocycles. The molecule has 0 aliphatic carbocycles. The van der Waals surface area contributed by atoms with Crippen LogP contribution in [0.2, 0.25) is 0 Å². The first-order chi connectivity index (χ1) is 10.8. The molecule has 0 saturated carbocycles. The summed E-state index contributed by atoms with van der Waals surface area (Å²) >= 11 is 1.27. The Kier molecular flexibility index (Phi) is 4.68. The summed E-state index contributed by atoms with van der Waals surface area (Å²) in [5.41, 5.74) is 1.75. The molecule has 1 aliphatic heterocycles. The highest BCUT2D eigenvalue weighted by Gasteiger charge is 2.27. The quantitative estimate of drug-likeness (QED) is 0.811. The van der Waals surface area contributed by atoms with E-state index in [1.165, 1.54) is 17.1 Å². The SMILES string of the molecule is CCOC(=O)c1nnsc1N1CCC(c2ccccc2)CC1. The first-order valence-corrected chi connectivity index (χ1v) is 8.36. The second kappa shape index (κ2) is 6.87. The van der Waals surface area contributed by atoms with Crippen LogP contribution in [0.5, 0.6) is 0 Å². The average molecular weight is 317 g/mol. The van der Waals surface area contributed by atoms with E-state index in [2.05, 4.69) is 38.8 Å². The molecule has 1 aromatic carbocycles. The Morgan fingerprint density at radius 1 is 1.32 bits per heavy atom. The molecule has 1 fully saturated rings. The van der Waals surface area contributed by atoms with Crippen molar-refractivity contribution in [3.8, 4) is 0 Å². The Hall–Kier alpha value is -1.95. The van der Waals surface area contributed by atoms with Crippen LogP contribution in [0, 0.1) is 0 Å². The lowest BCUT2D eigenvalue weighted by molar-refractivity contribution is 0.0520. The van der Waals surface area contributed by atoms with Gasteiger partial charge in [0, 0.05) is 24.6 Å². The van der Waals surface area contributed by atoms with Crippen molar-refractivity contribution in [3.05, 3.63) is 41.6 Å². The lowest BCUT2D eigenvalue weighted by atomic mass is 9.89. The Bertz CT molecular complexity index is 621. The summed E-state index contributed by atoms with van der Waals surface area (Å²) in [5, 5.41) is 4.78. The summed E-state index contributed by atoms with van der Waals surface area (Å²) in [6, 6.07) is 10.6. The first-order valence-electron chi connectivity index (χ1n) is 7.59. The molecule has 22 heavy (non-hydrogen) atoms. The number of esters is 1. The highest BCUT2D eigenvalue weighted by molar-refractivity contribution is 7.10. The second-order valence-corrected chi connectivity index (χ2v) is 6.05. The lowest BCUT2D eigenvalue weighted by Crippen LogP contribution is -2.33. The van der Waals surface area contributed by atoms with Gasteiger partial charge in [-0.15, -0.1) is 5.10 Å². The third-order valence-electron chi connectivity index (χ3n) is 3.99.